The van der Waals surface area contributed by atoms with Gasteiger partial charge in [0.25, 0.3) is 0 Å². The van der Waals surface area contributed by atoms with Crippen LogP contribution in [0.3, 0.4) is 0 Å². The van der Waals surface area contributed by atoms with Crippen LogP contribution in [0.5, 0.6) is 5.75 Å². The summed E-state index contributed by atoms with van der Waals surface area (Å²) in [5.41, 5.74) is 1.93. The maximum Gasteiger partial charge on any atom is 0.119 e. The molecule has 0 amide bonds. The fourth-order valence-corrected chi connectivity index (χ4v) is 3.53. The van der Waals surface area contributed by atoms with Gasteiger partial charge in [0.05, 0.1) is 0 Å². The van der Waals surface area contributed by atoms with Crippen LogP contribution in [-0.4, -0.2) is 19.2 Å². The number of rotatable bonds is 4. The molecule has 0 radical (unpaired) electrons. The zero-order valence-corrected chi connectivity index (χ0v) is 15.6. The molecule has 1 fully saturated rings. The highest BCUT2D eigenvalue weighted by Crippen LogP contribution is 2.36. The molecule has 0 aromatic heterocycles. The van der Waals surface area contributed by atoms with Crippen molar-refractivity contribution in [1.82, 2.24) is 5.32 Å². The topological polar surface area (TPSA) is 21.3 Å². The molecule has 1 aliphatic heterocycles. The minimum absolute atomic E-state index is 0. The Hall–Kier alpha value is -0.730. The van der Waals surface area contributed by atoms with Gasteiger partial charge in [-0.2, -0.15) is 0 Å². The summed E-state index contributed by atoms with van der Waals surface area (Å²) < 4.78 is 6.06. The third-order valence-electron chi connectivity index (χ3n) is 4.16. The van der Waals surface area contributed by atoms with Crippen molar-refractivity contribution >= 4 is 12.4 Å². The van der Waals surface area contributed by atoms with Gasteiger partial charge in [0.1, 0.15) is 11.9 Å². The second kappa shape index (κ2) is 7.70. The lowest BCUT2D eigenvalue weighted by Crippen LogP contribution is -2.37. The molecule has 0 bridgehead atoms. The Kier molecular flexibility index (Phi) is 6.76. The second-order valence-corrected chi connectivity index (χ2v) is 8.23. The van der Waals surface area contributed by atoms with Gasteiger partial charge in [-0.05, 0) is 54.3 Å². The second-order valence-electron chi connectivity index (χ2n) is 8.23. The Balaban J connectivity index is 0.00000242. The van der Waals surface area contributed by atoms with E-state index in [0.717, 1.165) is 25.3 Å². The van der Waals surface area contributed by atoms with Crippen molar-refractivity contribution in [3.8, 4) is 5.75 Å². The number of hydrogen-bond acceptors (Lipinski definition) is 2. The van der Waals surface area contributed by atoms with E-state index >= 15 is 0 Å². The minimum Gasteiger partial charge on any atom is -0.489 e. The average Bonchev–Trinajstić information content (AvgIpc) is 2.38. The molecule has 1 atom stereocenters. The lowest BCUT2D eigenvalue weighted by atomic mass is 9.72. The zero-order chi connectivity index (χ0) is 15.5. The van der Waals surface area contributed by atoms with E-state index in [9.17, 15) is 0 Å². The summed E-state index contributed by atoms with van der Waals surface area (Å²) in [7, 11) is 0. The molecular formula is C19H32ClNO. The van der Waals surface area contributed by atoms with Crippen molar-refractivity contribution in [3.05, 3.63) is 29.8 Å². The molecule has 1 saturated heterocycles. The van der Waals surface area contributed by atoms with Crippen LogP contribution in [0.1, 0.15) is 59.4 Å². The summed E-state index contributed by atoms with van der Waals surface area (Å²) in [6.45, 7) is 13.7. The third-order valence-corrected chi connectivity index (χ3v) is 4.16. The van der Waals surface area contributed by atoms with E-state index in [0.29, 0.717) is 11.5 Å². The van der Waals surface area contributed by atoms with Gasteiger partial charge < -0.3 is 10.1 Å². The number of ether oxygens (including phenoxy) is 1. The minimum atomic E-state index is 0. The van der Waals surface area contributed by atoms with Gasteiger partial charge in [-0.1, -0.05) is 46.8 Å². The summed E-state index contributed by atoms with van der Waals surface area (Å²) in [4.78, 5) is 0. The maximum absolute atomic E-state index is 6.06. The van der Waals surface area contributed by atoms with Crippen molar-refractivity contribution in [2.24, 2.45) is 5.41 Å². The highest BCUT2D eigenvalue weighted by atomic mass is 35.5. The van der Waals surface area contributed by atoms with Crippen molar-refractivity contribution < 1.29 is 4.74 Å². The predicted molar refractivity (Wildman–Crippen MR) is 97.3 cm³/mol. The number of benzene rings is 1. The molecule has 0 aliphatic carbocycles. The summed E-state index contributed by atoms with van der Waals surface area (Å²) in [6.07, 6.45) is 3.87. The summed E-state index contributed by atoms with van der Waals surface area (Å²) in [6, 6.07) is 8.73. The fourth-order valence-electron chi connectivity index (χ4n) is 3.53. The van der Waals surface area contributed by atoms with Crippen LogP contribution in [0.25, 0.3) is 0 Å². The molecule has 126 valence electrons. The molecule has 1 N–H and O–H groups in total. The molecule has 1 aromatic rings. The smallest absolute Gasteiger partial charge is 0.119 e. The Labute approximate surface area is 142 Å². The maximum atomic E-state index is 6.06. The van der Waals surface area contributed by atoms with E-state index in [1.54, 1.807) is 0 Å². The van der Waals surface area contributed by atoms with E-state index in [4.69, 9.17) is 4.74 Å². The van der Waals surface area contributed by atoms with Crippen molar-refractivity contribution in [1.29, 1.82) is 0 Å². The molecule has 1 heterocycles. The van der Waals surface area contributed by atoms with E-state index in [1.807, 2.05) is 0 Å². The van der Waals surface area contributed by atoms with E-state index in [-0.39, 0.29) is 17.8 Å². The standard InChI is InChI=1S/C19H31NO.ClH/c1-18(2,3)14-19(4,5)15-8-10-16(11-9-15)21-17-7-6-12-20-13-17;/h8-11,17,20H,6-7,12-14H2,1-5H3;1H. The van der Waals surface area contributed by atoms with Gasteiger partial charge in [-0.15, -0.1) is 12.4 Å². The number of halogens is 1. The lowest BCUT2D eigenvalue weighted by molar-refractivity contribution is 0.167. The van der Waals surface area contributed by atoms with Crippen LogP contribution in [0.15, 0.2) is 24.3 Å². The molecular weight excluding hydrogens is 294 g/mol. The highest BCUT2D eigenvalue weighted by Gasteiger charge is 2.27. The monoisotopic (exact) mass is 325 g/mol. The number of hydrogen-bond donors (Lipinski definition) is 1. The van der Waals surface area contributed by atoms with Crippen molar-refractivity contribution in [3.63, 3.8) is 0 Å². The first kappa shape index (κ1) is 19.3. The van der Waals surface area contributed by atoms with Crippen LogP contribution < -0.4 is 10.1 Å². The molecule has 3 heteroatoms. The van der Waals surface area contributed by atoms with Crippen LogP contribution in [-0.2, 0) is 5.41 Å². The van der Waals surface area contributed by atoms with E-state index in [2.05, 4.69) is 64.2 Å². The Bertz CT molecular complexity index is 441. The summed E-state index contributed by atoms with van der Waals surface area (Å²) >= 11 is 0. The lowest BCUT2D eigenvalue weighted by Gasteiger charge is -2.33. The molecule has 22 heavy (non-hydrogen) atoms. The van der Waals surface area contributed by atoms with Crippen LogP contribution in [0.4, 0.5) is 0 Å². The predicted octanol–water partition coefficient (Wildman–Crippen LogP) is 4.95. The van der Waals surface area contributed by atoms with Crippen LogP contribution >= 0.6 is 12.4 Å². The quantitative estimate of drug-likeness (QED) is 0.845. The van der Waals surface area contributed by atoms with E-state index in [1.165, 1.54) is 18.4 Å². The van der Waals surface area contributed by atoms with Gasteiger partial charge in [-0.3, -0.25) is 0 Å². The molecule has 0 spiro atoms. The molecule has 0 saturated carbocycles. The van der Waals surface area contributed by atoms with E-state index < -0.39 is 0 Å². The number of nitrogens with one attached hydrogen (secondary N) is 1. The normalized spacial score (nSPS) is 19.4. The molecule has 1 unspecified atom stereocenters. The molecule has 1 aliphatic rings. The van der Waals surface area contributed by atoms with Gasteiger partial charge in [-0.25, -0.2) is 0 Å². The molecule has 2 nitrogen and oxygen atoms in total. The highest BCUT2D eigenvalue weighted by molar-refractivity contribution is 5.85. The SMILES string of the molecule is CC(C)(C)CC(C)(C)c1ccc(OC2CCCNC2)cc1.Cl. The fraction of sp³-hybridized carbons (Fsp3) is 0.684. The molecule has 1 aromatic carbocycles. The van der Waals surface area contributed by atoms with Crippen LogP contribution in [0, 0.1) is 5.41 Å². The van der Waals surface area contributed by atoms with Gasteiger partial charge >= 0.3 is 0 Å². The largest absolute Gasteiger partial charge is 0.489 e. The first-order valence-electron chi connectivity index (χ1n) is 8.24. The molecule has 2 rings (SSSR count). The first-order valence-corrected chi connectivity index (χ1v) is 8.24. The Morgan fingerprint density at radius 3 is 2.23 bits per heavy atom. The first-order chi connectivity index (χ1) is 9.76. The van der Waals surface area contributed by atoms with Gasteiger partial charge in [0.2, 0.25) is 0 Å². The summed E-state index contributed by atoms with van der Waals surface area (Å²) in [5, 5.41) is 3.39. The van der Waals surface area contributed by atoms with Crippen LogP contribution in [0.2, 0.25) is 0 Å². The van der Waals surface area contributed by atoms with Gasteiger partial charge in [0.15, 0.2) is 0 Å². The Morgan fingerprint density at radius 1 is 1.09 bits per heavy atom. The van der Waals surface area contributed by atoms with Gasteiger partial charge in [0, 0.05) is 6.54 Å². The van der Waals surface area contributed by atoms with Crippen molar-refractivity contribution in [2.45, 2.75) is 65.4 Å². The number of piperidine rings is 1. The Morgan fingerprint density at radius 2 is 1.73 bits per heavy atom. The summed E-state index contributed by atoms with van der Waals surface area (Å²) in [5.74, 6) is 0.999. The average molecular weight is 326 g/mol. The third kappa shape index (κ3) is 5.81. The van der Waals surface area contributed by atoms with Crippen molar-refractivity contribution in [2.75, 3.05) is 13.1 Å². The zero-order valence-electron chi connectivity index (χ0n) is 14.7.